The number of hydrogen-bond donors (Lipinski definition) is 1. The second kappa shape index (κ2) is 7.81. The normalized spacial score (nSPS) is 23.1. The number of ether oxygens (including phenoxy) is 1. The van der Waals surface area contributed by atoms with Crippen LogP contribution >= 0.6 is 0 Å². The molecule has 2 atom stereocenters. The fourth-order valence-corrected chi connectivity index (χ4v) is 3.04. The summed E-state index contributed by atoms with van der Waals surface area (Å²) in [6.07, 6.45) is 5.98. The van der Waals surface area contributed by atoms with E-state index in [4.69, 9.17) is 4.74 Å². The fraction of sp³-hybridized carbons (Fsp3) is 0.882. The molecular weight excluding hydrogens is 268 g/mol. The van der Waals surface area contributed by atoms with Crippen molar-refractivity contribution < 1.29 is 19.4 Å². The highest BCUT2D eigenvalue weighted by Gasteiger charge is 2.38. The molecule has 0 aromatic carbocycles. The van der Waals surface area contributed by atoms with E-state index in [1.54, 1.807) is 0 Å². The Morgan fingerprint density at radius 2 is 1.76 bits per heavy atom. The van der Waals surface area contributed by atoms with Crippen LogP contribution < -0.4 is 0 Å². The quantitative estimate of drug-likeness (QED) is 0.721. The van der Waals surface area contributed by atoms with Gasteiger partial charge in [0.05, 0.1) is 11.8 Å². The molecule has 0 heterocycles. The minimum atomic E-state index is -0.866. The van der Waals surface area contributed by atoms with Gasteiger partial charge in [-0.15, -0.1) is 0 Å². The lowest BCUT2D eigenvalue weighted by atomic mass is 9.79. The number of aliphatic carboxylic acids is 1. The number of carbonyl (C=O) groups excluding carboxylic acids is 1. The third kappa shape index (κ3) is 6.06. The van der Waals surface area contributed by atoms with E-state index in [9.17, 15) is 14.7 Å². The summed E-state index contributed by atoms with van der Waals surface area (Å²) in [5, 5.41) is 9.25. The van der Waals surface area contributed by atoms with E-state index in [-0.39, 0.29) is 5.97 Å². The zero-order chi connectivity index (χ0) is 16.0. The van der Waals surface area contributed by atoms with Gasteiger partial charge in [0.1, 0.15) is 5.60 Å². The van der Waals surface area contributed by atoms with Crippen LogP contribution in [0.1, 0.15) is 72.6 Å². The van der Waals surface area contributed by atoms with Gasteiger partial charge < -0.3 is 9.84 Å². The maximum absolute atomic E-state index is 12.3. The summed E-state index contributed by atoms with van der Waals surface area (Å²) in [5.41, 5.74) is -0.507. The van der Waals surface area contributed by atoms with E-state index in [0.717, 1.165) is 32.1 Å². The minimum absolute atomic E-state index is 0.323. The molecule has 0 saturated heterocycles. The Morgan fingerprint density at radius 1 is 1.19 bits per heavy atom. The first-order chi connectivity index (χ1) is 9.73. The van der Waals surface area contributed by atoms with E-state index in [2.05, 4.69) is 13.8 Å². The highest BCUT2D eigenvalue weighted by Crippen LogP contribution is 2.33. The zero-order valence-electron chi connectivity index (χ0n) is 13.9. The van der Waals surface area contributed by atoms with Crippen LogP contribution in [0.5, 0.6) is 0 Å². The molecule has 0 aromatic heterocycles. The van der Waals surface area contributed by atoms with Crippen molar-refractivity contribution in [1.29, 1.82) is 0 Å². The van der Waals surface area contributed by atoms with Crippen LogP contribution in [-0.4, -0.2) is 22.6 Å². The first-order valence-electron chi connectivity index (χ1n) is 8.18. The molecular formula is C17H30O4. The SMILES string of the molecule is CC(C)CCCC(C)(C)OC(=O)C1CCCCC1C(=O)O. The number of carbonyl (C=O) groups is 2. The summed E-state index contributed by atoms with van der Waals surface area (Å²) in [6, 6.07) is 0. The van der Waals surface area contributed by atoms with Crippen LogP contribution in [0.3, 0.4) is 0 Å². The van der Waals surface area contributed by atoms with Gasteiger partial charge in [0.15, 0.2) is 0 Å². The maximum Gasteiger partial charge on any atom is 0.310 e. The third-order valence-electron chi connectivity index (χ3n) is 4.32. The molecule has 2 unspecified atom stereocenters. The average molecular weight is 298 g/mol. The summed E-state index contributed by atoms with van der Waals surface area (Å²) < 4.78 is 5.64. The molecule has 0 bridgehead atoms. The standard InChI is InChI=1S/C17H30O4/c1-12(2)8-7-11-17(3,4)21-16(20)14-10-6-5-9-13(14)15(18)19/h12-14H,5-11H2,1-4H3,(H,18,19). The molecule has 1 saturated carbocycles. The van der Waals surface area contributed by atoms with E-state index in [1.807, 2.05) is 13.8 Å². The Hall–Kier alpha value is -1.06. The Balaban J connectivity index is 2.55. The van der Waals surface area contributed by atoms with Crippen LogP contribution in [0.2, 0.25) is 0 Å². The molecule has 0 amide bonds. The van der Waals surface area contributed by atoms with Crippen LogP contribution in [-0.2, 0) is 14.3 Å². The molecule has 0 spiro atoms. The Morgan fingerprint density at radius 3 is 2.29 bits per heavy atom. The summed E-state index contributed by atoms with van der Waals surface area (Å²) >= 11 is 0. The van der Waals surface area contributed by atoms with Crippen LogP contribution in [0.25, 0.3) is 0 Å². The van der Waals surface area contributed by atoms with Crippen molar-refractivity contribution in [2.24, 2.45) is 17.8 Å². The number of esters is 1. The summed E-state index contributed by atoms with van der Waals surface area (Å²) in [4.78, 5) is 23.6. The Kier molecular flexibility index (Phi) is 6.69. The molecule has 1 fully saturated rings. The summed E-state index contributed by atoms with van der Waals surface area (Å²) in [5.74, 6) is -1.59. The number of hydrogen-bond acceptors (Lipinski definition) is 3. The molecule has 0 aliphatic heterocycles. The predicted molar refractivity (Wildman–Crippen MR) is 81.9 cm³/mol. The van der Waals surface area contributed by atoms with Crippen LogP contribution in [0, 0.1) is 17.8 Å². The van der Waals surface area contributed by atoms with Gasteiger partial charge in [0.25, 0.3) is 0 Å². The van der Waals surface area contributed by atoms with Crippen molar-refractivity contribution in [3.05, 3.63) is 0 Å². The average Bonchev–Trinajstić information content (AvgIpc) is 2.37. The monoisotopic (exact) mass is 298 g/mol. The number of carboxylic acid groups (broad SMARTS) is 1. The lowest BCUT2D eigenvalue weighted by molar-refractivity contribution is -0.170. The lowest BCUT2D eigenvalue weighted by Crippen LogP contribution is -2.38. The van der Waals surface area contributed by atoms with E-state index < -0.39 is 23.4 Å². The van der Waals surface area contributed by atoms with Crippen LogP contribution in [0.4, 0.5) is 0 Å². The fourth-order valence-electron chi connectivity index (χ4n) is 3.04. The molecule has 0 radical (unpaired) electrons. The van der Waals surface area contributed by atoms with Gasteiger partial charge in [-0.1, -0.05) is 33.1 Å². The molecule has 1 rings (SSSR count). The van der Waals surface area contributed by atoms with Crippen LogP contribution in [0.15, 0.2) is 0 Å². The molecule has 122 valence electrons. The van der Waals surface area contributed by atoms with Gasteiger partial charge in [0.2, 0.25) is 0 Å². The third-order valence-corrected chi connectivity index (χ3v) is 4.32. The molecule has 1 aliphatic carbocycles. The minimum Gasteiger partial charge on any atom is -0.481 e. The van der Waals surface area contributed by atoms with Crippen molar-refractivity contribution in [2.45, 2.75) is 78.2 Å². The molecule has 4 nitrogen and oxygen atoms in total. The first-order valence-corrected chi connectivity index (χ1v) is 8.18. The maximum atomic E-state index is 12.3. The highest BCUT2D eigenvalue weighted by molar-refractivity contribution is 5.81. The van der Waals surface area contributed by atoms with Crippen molar-refractivity contribution in [3.63, 3.8) is 0 Å². The topological polar surface area (TPSA) is 63.6 Å². The molecule has 1 N–H and O–H groups in total. The van der Waals surface area contributed by atoms with Crippen molar-refractivity contribution in [1.82, 2.24) is 0 Å². The van der Waals surface area contributed by atoms with Gasteiger partial charge in [-0.2, -0.15) is 0 Å². The highest BCUT2D eigenvalue weighted by atomic mass is 16.6. The molecule has 0 aromatic rings. The van der Waals surface area contributed by atoms with Gasteiger partial charge in [0, 0.05) is 0 Å². The van der Waals surface area contributed by atoms with Gasteiger partial charge in [-0.05, 0) is 45.4 Å². The second-order valence-electron chi connectivity index (χ2n) is 7.30. The lowest BCUT2D eigenvalue weighted by Gasteiger charge is -2.32. The van der Waals surface area contributed by atoms with Gasteiger partial charge in [-0.3, -0.25) is 9.59 Å². The predicted octanol–water partition coefficient (Wildman–Crippen LogP) is 4.03. The second-order valence-corrected chi connectivity index (χ2v) is 7.30. The van der Waals surface area contributed by atoms with Crippen molar-refractivity contribution >= 4 is 11.9 Å². The van der Waals surface area contributed by atoms with Crippen molar-refractivity contribution in [3.8, 4) is 0 Å². The smallest absolute Gasteiger partial charge is 0.310 e. The van der Waals surface area contributed by atoms with E-state index >= 15 is 0 Å². The first kappa shape index (κ1) is 18.0. The number of rotatable bonds is 7. The molecule has 1 aliphatic rings. The summed E-state index contributed by atoms with van der Waals surface area (Å²) in [7, 11) is 0. The molecule has 21 heavy (non-hydrogen) atoms. The zero-order valence-corrected chi connectivity index (χ0v) is 13.9. The van der Waals surface area contributed by atoms with Gasteiger partial charge >= 0.3 is 11.9 Å². The Bertz CT molecular complexity index is 360. The number of carboxylic acids is 1. The van der Waals surface area contributed by atoms with Gasteiger partial charge in [-0.25, -0.2) is 0 Å². The van der Waals surface area contributed by atoms with E-state index in [0.29, 0.717) is 18.8 Å². The Labute approximate surface area is 128 Å². The van der Waals surface area contributed by atoms with E-state index in [1.165, 1.54) is 0 Å². The summed E-state index contributed by atoms with van der Waals surface area (Å²) in [6.45, 7) is 8.20. The van der Waals surface area contributed by atoms with Crippen molar-refractivity contribution in [2.75, 3.05) is 0 Å². The largest absolute Gasteiger partial charge is 0.481 e. The molecule has 4 heteroatoms.